The van der Waals surface area contributed by atoms with E-state index in [-0.39, 0.29) is 18.6 Å². The number of rotatable bonds is 7. The van der Waals surface area contributed by atoms with Crippen LogP contribution in [0.4, 0.5) is 18.0 Å². The van der Waals surface area contributed by atoms with Crippen LogP contribution in [0.1, 0.15) is 38.7 Å². The van der Waals surface area contributed by atoms with Crippen LogP contribution in [0.25, 0.3) is 0 Å². The van der Waals surface area contributed by atoms with E-state index >= 15 is 0 Å². The zero-order chi connectivity index (χ0) is 16.6. The standard InChI is InChI=1S/C14H20F3N3O2/c1-3-4-5-10(2)20-13(21)19-9-11-6-7-18-12(8-11)22-14(15,16)17/h6-8,10H,3-5,9H2,1-2H3,(H2,19,20,21). The highest BCUT2D eigenvalue weighted by Gasteiger charge is 2.31. The second-order valence-electron chi connectivity index (χ2n) is 4.92. The second kappa shape index (κ2) is 8.45. The number of nitrogens with one attached hydrogen (secondary N) is 2. The molecule has 0 radical (unpaired) electrons. The van der Waals surface area contributed by atoms with Crippen molar-refractivity contribution >= 4 is 6.03 Å². The van der Waals surface area contributed by atoms with Gasteiger partial charge in [-0.3, -0.25) is 0 Å². The molecule has 1 rings (SSSR count). The van der Waals surface area contributed by atoms with Crippen LogP contribution in [0.15, 0.2) is 18.3 Å². The second-order valence-corrected chi connectivity index (χ2v) is 4.92. The topological polar surface area (TPSA) is 63.2 Å². The predicted octanol–water partition coefficient (Wildman–Crippen LogP) is 3.36. The van der Waals surface area contributed by atoms with Crippen LogP contribution in [-0.4, -0.2) is 23.4 Å². The van der Waals surface area contributed by atoms with Crippen molar-refractivity contribution in [3.8, 4) is 5.88 Å². The summed E-state index contributed by atoms with van der Waals surface area (Å²) in [5, 5.41) is 5.34. The van der Waals surface area contributed by atoms with E-state index < -0.39 is 12.2 Å². The molecule has 0 aliphatic carbocycles. The molecule has 0 aliphatic rings. The Balaban J connectivity index is 2.44. The zero-order valence-electron chi connectivity index (χ0n) is 12.5. The maximum absolute atomic E-state index is 12.1. The smallest absolute Gasteiger partial charge is 0.388 e. The van der Waals surface area contributed by atoms with Gasteiger partial charge >= 0.3 is 12.4 Å². The number of ether oxygens (including phenoxy) is 1. The molecule has 2 N–H and O–H groups in total. The Labute approximate surface area is 127 Å². The summed E-state index contributed by atoms with van der Waals surface area (Å²) >= 11 is 0. The van der Waals surface area contributed by atoms with Crippen LogP contribution in [0.3, 0.4) is 0 Å². The Kier molecular flexibility index (Phi) is 6.94. The van der Waals surface area contributed by atoms with Gasteiger partial charge in [0.25, 0.3) is 0 Å². The van der Waals surface area contributed by atoms with Gasteiger partial charge in [0, 0.05) is 24.8 Å². The molecule has 22 heavy (non-hydrogen) atoms. The van der Waals surface area contributed by atoms with E-state index in [1.54, 1.807) is 0 Å². The van der Waals surface area contributed by atoms with E-state index in [0.29, 0.717) is 5.56 Å². The molecule has 8 heteroatoms. The van der Waals surface area contributed by atoms with Gasteiger partial charge in [-0.15, -0.1) is 13.2 Å². The number of halogens is 3. The van der Waals surface area contributed by atoms with Gasteiger partial charge in [0.2, 0.25) is 5.88 Å². The number of nitrogens with zero attached hydrogens (tertiary/aromatic N) is 1. The van der Waals surface area contributed by atoms with Gasteiger partial charge in [-0.2, -0.15) is 0 Å². The van der Waals surface area contributed by atoms with Crippen molar-refractivity contribution in [1.82, 2.24) is 15.6 Å². The van der Waals surface area contributed by atoms with Gasteiger partial charge in [0.1, 0.15) is 0 Å². The van der Waals surface area contributed by atoms with E-state index in [1.165, 1.54) is 12.3 Å². The van der Waals surface area contributed by atoms with Gasteiger partial charge in [-0.05, 0) is 25.0 Å². The number of urea groups is 1. The van der Waals surface area contributed by atoms with Crippen LogP contribution < -0.4 is 15.4 Å². The van der Waals surface area contributed by atoms with E-state index in [4.69, 9.17) is 0 Å². The highest BCUT2D eigenvalue weighted by atomic mass is 19.4. The van der Waals surface area contributed by atoms with Crippen molar-refractivity contribution in [3.63, 3.8) is 0 Å². The van der Waals surface area contributed by atoms with E-state index in [2.05, 4.69) is 27.3 Å². The maximum Gasteiger partial charge on any atom is 0.574 e. The number of aromatic nitrogens is 1. The van der Waals surface area contributed by atoms with Gasteiger partial charge in [0.15, 0.2) is 0 Å². The van der Waals surface area contributed by atoms with Crippen molar-refractivity contribution in [2.24, 2.45) is 0 Å². The summed E-state index contributed by atoms with van der Waals surface area (Å²) in [7, 11) is 0. The first-order valence-corrected chi connectivity index (χ1v) is 7.05. The first-order valence-electron chi connectivity index (χ1n) is 7.05. The Morgan fingerprint density at radius 2 is 2.18 bits per heavy atom. The molecule has 1 aromatic heterocycles. The maximum atomic E-state index is 12.1. The molecule has 0 saturated heterocycles. The monoisotopic (exact) mass is 319 g/mol. The minimum absolute atomic E-state index is 0.0431. The Morgan fingerprint density at radius 1 is 1.45 bits per heavy atom. The summed E-state index contributed by atoms with van der Waals surface area (Å²) in [5.41, 5.74) is 0.464. The fraction of sp³-hybridized carbons (Fsp3) is 0.571. The summed E-state index contributed by atoms with van der Waals surface area (Å²) < 4.78 is 40.0. The van der Waals surface area contributed by atoms with Gasteiger partial charge in [-0.25, -0.2) is 9.78 Å². The van der Waals surface area contributed by atoms with Crippen molar-refractivity contribution in [2.75, 3.05) is 0 Å². The Morgan fingerprint density at radius 3 is 2.82 bits per heavy atom. The Hall–Kier alpha value is -1.99. The average Bonchev–Trinajstić information content (AvgIpc) is 2.41. The fourth-order valence-electron chi connectivity index (χ4n) is 1.77. The Bertz CT molecular complexity index is 481. The molecule has 0 aromatic carbocycles. The molecule has 2 amide bonds. The third-order valence-electron chi connectivity index (χ3n) is 2.84. The molecule has 1 atom stereocenters. The highest BCUT2D eigenvalue weighted by Crippen LogP contribution is 2.21. The van der Waals surface area contributed by atoms with Gasteiger partial charge < -0.3 is 15.4 Å². The highest BCUT2D eigenvalue weighted by molar-refractivity contribution is 5.74. The number of carbonyl (C=O) groups excluding carboxylic acids is 1. The molecule has 0 bridgehead atoms. The third kappa shape index (κ3) is 7.70. The van der Waals surface area contributed by atoms with E-state index in [9.17, 15) is 18.0 Å². The van der Waals surface area contributed by atoms with E-state index in [1.807, 2.05) is 6.92 Å². The summed E-state index contributed by atoms with van der Waals surface area (Å²) in [6, 6.07) is 2.32. The van der Waals surface area contributed by atoms with Crippen molar-refractivity contribution in [1.29, 1.82) is 0 Å². The molecule has 1 unspecified atom stereocenters. The molecule has 0 saturated carbocycles. The SMILES string of the molecule is CCCCC(C)NC(=O)NCc1ccnc(OC(F)(F)F)c1. The largest absolute Gasteiger partial charge is 0.574 e. The lowest BCUT2D eigenvalue weighted by atomic mass is 10.1. The molecule has 0 fully saturated rings. The quantitative estimate of drug-likeness (QED) is 0.810. The minimum atomic E-state index is -4.79. The molecule has 1 aromatic rings. The zero-order valence-corrected chi connectivity index (χ0v) is 12.5. The van der Waals surface area contributed by atoms with Crippen LogP contribution in [0.5, 0.6) is 5.88 Å². The number of alkyl halides is 3. The van der Waals surface area contributed by atoms with Crippen molar-refractivity contribution < 1.29 is 22.7 Å². The lowest BCUT2D eigenvalue weighted by molar-refractivity contribution is -0.276. The number of amides is 2. The number of carbonyl (C=O) groups is 1. The minimum Gasteiger partial charge on any atom is -0.388 e. The third-order valence-corrected chi connectivity index (χ3v) is 2.84. The van der Waals surface area contributed by atoms with Crippen molar-refractivity contribution in [3.05, 3.63) is 23.9 Å². The van der Waals surface area contributed by atoms with E-state index in [0.717, 1.165) is 25.3 Å². The summed E-state index contributed by atoms with van der Waals surface area (Å²) in [4.78, 5) is 15.1. The molecule has 5 nitrogen and oxygen atoms in total. The number of hydrogen-bond acceptors (Lipinski definition) is 3. The van der Waals surface area contributed by atoms with Gasteiger partial charge in [-0.1, -0.05) is 19.8 Å². The number of unbranched alkanes of at least 4 members (excludes halogenated alkanes) is 1. The van der Waals surface area contributed by atoms with Crippen LogP contribution in [0, 0.1) is 0 Å². The molecule has 124 valence electrons. The molecule has 0 aliphatic heterocycles. The first kappa shape index (κ1) is 18.1. The van der Waals surface area contributed by atoms with Crippen LogP contribution in [-0.2, 0) is 6.54 Å². The molecular formula is C14H20F3N3O2. The molecule has 1 heterocycles. The molecular weight excluding hydrogens is 299 g/mol. The lowest BCUT2D eigenvalue weighted by Crippen LogP contribution is -2.40. The normalized spacial score (nSPS) is 12.6. The summed E-state index contributed by atoms with van der Waals surface area (Å²) in [6.07, 6.45) is -0.648. The summed E-state index contributed by atoms with van der Waals surface area (Å²) in [6.45, 7) is 4.05. The first-order chi connectivity index (χ1) is 10.3. The number of hydrogen-bond donors (Lipinski definition) is 2. The van der Waals surface area contributed by atoms with Crippen molar-refractivity contribution in [2.45, 2.75) is 52.1 Å². The lowest BCUT2D eigenvalue weighted by Gasteiger charge is -2.14. The average molecular weight is 319 g/mol. The number of pyridine rings is 1. The van der Waals surface area contributed by atoms with Crippen LogP contribution in [0.2, 0.25) is 0 Å². The fourth-order valence-corrected chi connectivity index (χ4v) is 1.77. The van der Waals surface area contributed by atoms with Gasteiger partial charge in [0.05, 0.1) is 0 Å². The van der Waals surface area contributed by atoms with Crippen LogP contribution >= 0.6 is 0 Å². The predicted molar refractivity (Wildman–Crippen MR) is 75.3 cm³/mol. The summed E-state index contributed by atoms with van der Waals surface area (Å²) in [5.74, 6) is -0.552. The molecule has 0 spiro atoms.